The van der Waals surface area contributed by atoms with Gasteiger partial charge in [-0.05, 0) is 43.5 Å². The highest BCUT2D eigenvalue weighted by Crippen LogP contribution is 2.38. The zero-order valence-electron chi connectivity index (χ0n) is 12.5. The normalized spacial score (nSPS) is 29.5. The number of fused-ring (bicyclic) bond motifs is 1. The highest BCUT2D eigenvalue weighted by atomic mass is 32.2. The molecular weight excluding hydrogens is 288 g/mol. The molecule has 2 saturated heterocycles. The van der Waals surface area contributed by atoms with E-state index >= 15 is 0 Å². The number of methoxy groups -OCH3 is 1. The highest BCUT2D eigenvalue weighted by molar-refractivity contribution is 7.89. The second-order valence-corrected chi connectivity index (χ2v) is 7.70. The van der Waals surface area contributed by atoms with Crippen LogP contribution in [0.3, 0.4) is 0 Å². The summed E-state index contributed by atoms with van der Waals surface area (Å²) in [6.07, 6.45) is 0.853. The zero-order valence-corrected chi connectivity index (χ0v) is 13.3. The van der Waals surface area contributed by atoms with Crippen LogP contribution in [0.15, 0.2) is 29.2 Å². The number of nitrogens with one attached hydrogen (secondary N) is 1. The Balaban J connectivity index is 1.94. The highest BCUT2D eigenvalue weighted by Gasteiger charge is 2.48. The van der Waals surface area contributed by atoms with Crippen molar-refractivity contribution in [1.82, 2.24) is 9.62 Å². The summed E-state index contributed by atoms with van der Waals surface area (Å²) in [5, 5.41) is 3.38. The molecule has 0 amide bonds. The van der Waals surface area contributed by atoms with E-state index in [2.05, 4.69) is 12.2 Å². The zero-order chi connectivity index (χ0) is 15.0. The maximum Gasteiger partial charge on any atom is 0.243 e. The minimum atomic E-state index is -3.45. The molecule has 21 heavy (non-hydrogen) atoms. The Kier molecular flexibility index (Phi) is 3.94. The van der Waals surface area contributed by atoms with Gasteiger partial charge in [0.2, 0.25) is 10.0 Å². The lowest BCUT2D eigenvalue weighted by molar-refractivity contribution is 0.328. The molecule has 1 N–H and O–H groups in total. The Bertz CT molecular complexity index is 617. The lowest BCUT2D eigenvalue weighted by Gasteiger charge is -2.26. The van der Waals surface area contributed by atoms with Crippen LogP contribution in [-0.2, 0) is 10.0 Å². The molecule has 116 valence electrons. The van der Waals surface area contributed by atoms with Gasteiger partial charge in [0, 0.05) is 18.7 Å². The number of nitrogens with zero attached hydrogens (tertiary/aromatic N) is 1. The number of ether oxygens (including phenoxy) is 1. The van der Waals surface area contributed by atoms with E-state index < -0.39 is 10.0 Å². The number of benzene rings is 1. The molecule has 2 aliphatic heterocycles. The van der Waals surface area contributed by atoms with Crippen LogP contribution in [0.1, 0.15) is 13.3 Å². The smallest absolute Gasteiger partial charge is 0.243 e. The molecule has 0 spiro atoms. The third-order valence-corrected chi connectivity index (χ3v) is 6.62. The molecule has 1 aromatic carbocycles. The van der Waals surface area contributed by atoms with E-state index in [-0.39, 0.29) is 6.04 Å². The fourth-order valence-corrected chi connectivity index (χ4v) is 5.50. The van der Waals surface area contributed by atoms with E-state index in [1.165, 1.54) is 0 Å². The first-order chi connectivity index (χ1) is 10.1. The van der Waals surface area contributed by atoms with Crippen LogP contribution in [0.2, 0.25) is 0 Å². The number of hydrogen-bond acceptors (Lipinski definition) is 4. The van der Waals surface area contributed by atoms with Gasteiger partial charge in [0.05, 0.1) is 12.0 Å². The number of rotatable bonds is 4. The van der Waals surface area contributed by atoms with Crippen molar-refractivity contribution < 1.29 is 13.2 Å². The Morgan fingerprint density at radius 2 is 2.19 bits per heavy atom. The molecule has 2 aliphatic rings. The van der Waals surface area contributed by atoms with Crippen molar-refractivity contribution in [2.75, 3.05) is 26.7 Å². The molecule has 3 atom stereocenters. The Morgan fingerprint density at radius 3 is 2.90 bits per heavy atom. The average molecular weight is 310 g/mol. The molecule has 1 aromatic rings. The predicted molar refractivity (Wildman–Crippen MR) is 80.8 cm³/mol. The Morgan fingerprint density at radius 1 is 1.38 bits per heavy atom. The van der Waals surface area contributed by atoms with E-state index in [9.17, 15) is 8.42 Å². The Labute approximate surface area is 126 Å². The summed E-state index contributed by atoms with van der Waals surface area (Å²) in [7, 11) is -1.90. The van der Waals surface area contributed by atoms with E-state index in [0.29, 0.717) is 29.0 Å². The summed E-state index contributed by atoms with van der Waals surface area (Å²) in [5.41, 5.74) is 0. The SMILES string of the molecule is CCC1C2CNCC2CN1S(=O)(=O)c1cccc(OC)c1. The minimum Gasteiger partial charge on any atom is -0.497 e. The summed E-state index contributed by atoms with van der Waals surface area (Å²) in [6, 6.07) is 6.84. The fraction of sp³-hybridized carbons (Fsp3) is 0.600. The molecule has 3 rings (SSSR count). The third-order valence-electron chi connectivity index (χ3n) is 4.74. The molecule has 5 nitrogen and oxygen atoms in total. The monoisotopic (exact) mass is 310 g/mol. The van der Waals surface area contributed by atoms with Gasteiger partial charge in [-0.25, -0.2) is 8.42 Å². The topological polar surface area (TPSA) is 58.6 Å². The van der Waals surface area contributed by atoms with Crippen molar-refractivity contribution in [3.8, 4) is 5.75 Å². The summed E-state index contributed by atoms with van der Waals surface area (Å²) < 4.78 is 32.8. The van der Waals surface area contributed by atoms with Crippen molar-refractivity contribution >= 4 is 10.0 Å². The average Bonchev–Trinajstić information content (AvgIpc) is 3.07. The Hall–Kier alpha value is -1.11. The molecule has 0 saturated carbocycles. The van der Waals surface area contributed by atoms with Crippen LogP contribution in [0.4, 0.5) is 0 Å². The van der Waals surface area contributed by atoms with Gasteiger partial charge in [0.25, 0.3) is 0 Å². The molecule has 3 unspecified atom stereocenters. The number of sulfonamides is 1. The second kappa shape index (κ2) is 5.59. The lowest BCUT2D eigenvalue weighted by Crippen LogP contribution is -2.39. The van der Waals surface area contributed by atoms with E-state index in [0.717, 1.165) is 19.5 Å². The van der Waals surface area contributed by atoms with Gasteiger partial charge in [0.1, 0.15) is 5.75 Å². The third kappa shape index (κ3) is 2.45. The summed E-state index contributed by atoms with van der Waals surface area (Å²) in [6.45, 7) is 4.54. The molecule has 0 radical (unpaired) electrons. The van der Waals surface area contributed by atoms with E-state index in [4.69, 9.17) is 4.74 Å². The van der Waals surface area contributed by atoms with E-state index in [1.54, 1.807) is 35.7 Å². The van der Waals surface area contributed by atoms with Crippen LogP contribution >= 0.6 is 0 Å². The molecule has 6 heteroatoms. The predicted octanol–water partition coefficient (Wildman–Crippen LogP) is 1.31. The molecule has 0 aromatic heterocycles. The van der Waals surface area contributed by atoms with Crippen molar-refractivity contribution in [2.45, 2.75) is 24.3 Å². The van der Waals surface area contributed by atoms with Crippen LogP contribution < -0.4 is 10.1 Å². The fourth-order valence-electron chi connectivity index (χ4n) is 3.66. The lowest BCUT2D eigenvalue weighted by atomic mass is 9.93. The van der Waals surface area contributed by atoms with Gasteiger partial charge in [-0.1, -0.05) is 13.0 Å². The minimum absolute atomic E-state index is 0.0983. The van der Waals surface area contributed by atoms with Crippen LogP contribution in [0.5, 0.6) is 5.75 Å². The summed E-state index contributed by atoms with van der Waals surface area (Å²) in [5.74, 6) is 1.45. The van der Waals surface area contributed by atoms with Crippen molar-refractivity contribution in [2.24, 2.45) is 11.8 Å². The van der Waals surface area contributed by atoms with Crippen molar-refractivity contribution in [1.29, 1.82) is 0 Å². The first kappa shape index (κ1) is 14.8. The molecule has 0 bridgehead atoms. The maximum absolute atomic E-state index is 13.0. The first-order valence-corrected chi connectivity index (χ1v) is 8.88. The van der Waals surface area contributed by atoms with Gasteiger partial charge < -0.3 is 10.1 Å². The van der Waals surface area contributed by atoms with Gasteiger partial charge in [-0.15, -0.1) is 0 Å². The first-order valence-electron chi connectivity index (χ1n) is 7.44. The van der Waals surface area contributed by atoms with Gasteiger partial charge in [0.15, 0.2) is 0 Å². The summed E-state index contributed by atoms with van der Waals surface area (Å²) >= 11 is 0. The molecule has 2 fully saturated rings. The number of hydrogen-bond donors (Lipinski definition) is 1. The maximum atomic E-state index is 13.0. The molecular formula is C15H22N2O3S. The summed E-state index contributed by atoms with van der Waals surface area (Å²) in [4.78, 5) is 0.327. The van der Waals surface area contributed by atoms with Gasteiger partial charge in [-0.3, -0.25) is 0 Å². The van der Waals surface area contributed by atoms with Crippen LogP contribution in [-0.4, -0.2) is 45.5 Å². The van der Waals surface area contributed by atoms with Crippen LogP contribution in [0.25, 0.3) is 0 Å². The van der Waals surface area contributed by atoms with Crippen molar-refractivity contribution in [3.63, 3.8) is 0 Å². The standard InChI is InChI=1S/C15H22N2O3S/c1-3-15-14-9-16-8-11(14)10-17(15)21(18,19)13-6-4-5-12(7-13)20-2/h4-7,11,14-16H,3,8-10H2,1-2H3. The molecule has 0 aliphatic carbocycles. The largest absolute Gasteiger partial charge is 0.497 e. The van der Waals surface area contributed by atoms with Crippen molar-refractivity contribution in [3.05, 3.63) is 24.3 Å². The van der Waals surface area contributed by atoms with E-state index in [1.807, 2.05) is 0 Å². The van der Waals surface area contributed by atoms with Gasteiger partial charge >= 0.3 is 0 Å². The van der Waals surface area contributed by atoms with Crippen LogP contribution in [0, 0.1) is 11.8 Å². The quantitative estimate of drug-likeness (QED) is 0.911. The van der Waals surface area contributed by atoms with Gasteiger partial charge in [-0.2, -0.15) is 4.31 Å². The second-order valence-electron chi connectivity index (χ2n) is 5.81. The molecule has 2 heterocycles.